The third-order valence-electron chi connectivity index (χ3n) is 2.37. The van der Waals surface area contributed by atoms with E-state index in [-0.39, 0.29) is 0 Å². The number of nitrogens with zero attached hydrogens (tertiary/aromatic N) is 2. The molecule has 0 bridgehead atoms. The fraction of sp³-hybridized carbons (Fsp3) is 0.333. The van der Waals surface area contributed by atoms with Crippen LogP contribution in [0.5, 0.6) is 5.75 Å². The molecular formula is C12H15N3OS. The molecule has 2 aromatic rings. The molecule has 0 unspecified atom stereocenters. The SMILES string of the molecule is CCc1nnc(NCc2ccc(OC)cc2)s1. The first-order valence-electron chi connectivity index (χ1n) is 5.51. The van der Waals surface area contributed by atoms with Gasteiger partial charge in [0, 0.05) is 6.54 Å². The summed E-state index contributed by atoms with van der Waals surface area (Å²) in [6.07, 6.45) is 0.932. The Balaban J connectivity index is 1.92. The van der Waals surface area contributed by atoms with E-state index in [4.69, 9.17) is 4.74 Å². The molecule has 0 saturated carbocycles. The van der Waals surface area contributed by atoms with Crippen molar-refractivity contribution in [3.63, 3.8) is 0 Å². The summed E-state index contributed by atoms with van der Waals surface area (Å²) in [5.41, 5.74) is 1.19. The highest BCUT2D eigenvalue weighted by Gasteiger charge is 2.01. The summed E-state index contributed by atoms with van der Waals surface area (Å²) < 4.78 is 5.11. The normalized spacial score (nSPS) is 10.2. The Hall–Kier alpha value is -1.62. The van der Waals surface area contributed by atoms with Crippen molar-refractivity contribution in [1.82, 2.24) is 10.2 Å². The second kappa shape index (κ2) is 5.63. The van der Waals surface area contributed by atoms with Crippen molar-refractivity contribution in [3.8, 4) is 5.75 Å². The maximum absolute atomic E-state index is 5.11. The molecule has 1 aromatic carbocycles. The molecule has 1 aromatic heterocycles. The van der Waals surface area contributed by atoms with Crippen LogP contribution in [0.25, 0.3) is 0 Å². The van der Waals surface area contributed by atoms with Gasteiger partial charge in [0.2, 0.25) is 5.13 Å². The fourth-order valence-corrected chi connectivity index (χ4v) is 2.06. The van der Waals surface area contributed by atoms with Gasteiger partial charge in [0.25, 0.3) is 0 Å². The van der Waals surface area contributed by atoms with Crippen LogP contribution in [0.2, 0.25) is 0 Å². The van der Waals surface area contributed by atoms with Crippen LogP contribution in [0.1, 0.15) is 17.5 Å². The lowest BCUT2D eigenvalue weighted by atomic mass is 10.2. The van der Waals surface area contributed by atoms with E-state index in [0.717, 1.165) is 28.9 Å². The van der Waals surface area contributed by atoms with Crippen molar-refractivity contribution in [3.05, 3.63) is 34.8 Å². The lowest BCUT2D eigenvalue weighted by Gasteiger charge is -2.03. The van der Waals surface area contributed by atoms with Gasteiger partial charge in [0.05, 0.1) is 7.11 Å². The van der Waals surface area contributed by atoms with E-state index in [0.29, 0.717) is 0 Å². The third-order valence-corrected chi connectivity index (χ3v) is 3.40. The number of anilines is 1. The molecule has 0 saturated heterocycles. The third kappa shape index (κ3) is 3.17. The van der Waals surface area contributed by atoms with E-state index < -0.39 is 0 Å². The van der Waals surface area contributed by atoms with Crippen LogP contribution in [-0.4, -0.2) is 17.3 Å². The number of ether oxygens (including phenoxy) is 1. The highest BCUT2D eigenvalue weighted by Crippen LogP contribution is 2.17. The quantitative estimate of drug-likeness (QED) is 0.885. The maximum atomic E-state index is 5.11. The highest BCUT2D eigenvalue weighted by atomic mass is 32.1. The van der Waals surface area contributed by atoms with E-state index in [1.54, 1.807) is 18.4 Å². The summed E-state index contributed by atoms with van der Waals surface area (Å²) in [5, 5.41) is 13.3. The summed E-state index contributed by atoms with van der Waals surface area (Å²) in [7, 11) is 1.67. The second-order valence-electron chi connectivity index (χ2n) is 3.56. The van der Waals surface area contributed by atoms with Crippen LogP contribution >= 0.6 is 11.3 Å². The lowest BCUT2D eigenvalue weighted by Crippen LogP contribution is -1.98. The number of aryl methyl sites for hydroxylation is 1. The van der Waals surface area contributed by atoms with Crippen LogP contribution in [0.3, 0.4) is 0 Å². The van der Waals surface area contributed by atoms with Crippen molar-refractivity contribution >= 4 is 16.5 Å². The summed E-state index contributed by atoms with van der Waals surface area (Å²) >= 11 is 1.60. The Labute approximate surface area is 105 Å². The molecule has 1 heterocycles. The van der Waals surface area contributed by atoms with Crippen LogP contribution in [0.4, 0.5) is 5.13 Å². The first kappa shape index (κ1) is 11.9. The molecule has 1 N–H and O–H groups in total. The van der Waals surface area contributed by atoms with E-state index in [1.807, 2.05) is 24.3 Å². The molecule has 5 heteroatoms. The van der Waals surface area contributed by atoms with Crippen molar-refractivity contribution in [2.45, 2.75) is 19.9 Å². The van der Waals surface area contributed by atoms with Crippen LogP contribution in [0.15, 0.2) is 24.3 Å². The number of hydrogen-bond donors (Lipinski definition) is 1. The maximum Gasteiger partial charge on any atom is 0.205 e. The average Bonchev–Trinajstić information content (AvgIpc) is 2.85. The molecule has 0 spiro atoms. The summed E-state index contributed by atoms with van der Waals surface area (Å²) in [5.74, 6) is 0.873. The molecule has 0 amide bonds. The first-order valence-corrected chi connectivity index (χ1v) is 6.32. The molecule has 0 radical (unpaired) electrons. The monoisotopic (exact) mass is 249 g/mol. The van der Waals surface area contributed by atoms with E-state index in [1.165, 1.54) is 5.56 Å². The van der Waals surface area contributed by atoms with Crippen LogP contribution < -0.4 is 10.1 Å². The van der Waals surface area contributed by atoms with Crippen molar-refractivity contribution in [2.24, 2.45) is 0 Å². The van der Waals surface area contributed by atoms with Gasteiger partial charge in [-0.25, -0.2) is 0 Å². The smallest absolute Gasteiger partial charge is 0.205 e. The van der Waals surface area contributed by atoms with Crippen LogP contribution in [-0.2, 0) is 13.0 Å². The van der Waals surface area contributed by atoms with Gasteiger partial charge in [0.1, 0.15) is 10.8 Å². The number of benzene rings is 1. The van der Waals surface area contributed by atoms with Gasteiger partial charge in [-0.3, -0.25) is 0 Å². The minimum Gasteiger partial charge on any atom is -0.497 e. The topological polar surface area (TPSA) is 47.0 Å². The predicted octanol–water partition coefficient (Wildman–Crippen LogP) is 2.72. The van der Waals surface area contributed by atoms with Gasteiger partial charge in [0.15, 0.2) is 0 Å². The molecule has 4 nitrogen and oxygen atoms in total. The van der Waals surface area contributed by atoms with E-state index in [2.05, 4.69) is 22.4 Å². The zero-order valence-electron chi connectivity index (χ0n) is 9.93. The predicted molar refractivity (Wildman–Crippen MR) is 69.6 cm³/mol. The number of nitrogens with one attached hydrogen (secondary N) is 1. The largest absolute Gasteiger partial charge is 0.497 e. The molecule has 17 heavy (non-hydrogen) atoms. The Morgan fingerprint density at radius 3 is 2.59 bits per heavy atom. The molecule has 0 fully saturated rings. The average molecular weight is 249 g/mol. The summed E-state index contributed by atoms with van der Waals surface area (Å²) in [6, 6.07) is 7.98. The Morgan fingerprint density at radius 1 is 1.24 bits per heavy atom. The van der Waals surface area contributed by atoms with E-state index in [9.17, 15) is 0 Å². The standard InChI is InChI=1S/C12H15N3OS/c1-3-11-14-15-12(17-11)13-8-9-4-6-10(16-2)7-5-9/h4-7H,3,8H2,1-2H3,(H,13,15). The fourth-order valence-electron chi connectivity index (χ4n) is 1.39. The van der Waals surface area contributed by atoms with Gasteiger partial charge >= 0.3 is 0 Å². The van der Waals surface area contributed by atoms with Crippen LogP contribution in [0, 0.1) is 0 Å². The Kier molecular flexibility index (Phi) is 3.93. The molecule has 90 valence electrons. The van der Waals surface area contributed by atoms with Crippen molar-refractivity contribution in [2.75, 3.05) is 12.4 Å². The number of hydrogen-bond acceptors (Lipinski definition) is 5. The zero-order valence-corrected chi connectivity index (χ0v) is 10.8. The second-order valence-corrected chi connectivity index (χ2v) is 4.62. The number of aromatic nitrogens is 2. The lowest BCUT2D eigenvalue weighted by molar-refractivity contribution is 0.414. The Morgan fingerprint density at radius 2 is 2.00 bits per heavy atom. The first-order chi connectivity index (χ1) is 8.31. The van der Waals surface area contributed by atoms with Gasteiger partial charge in [-0.2, -0.15) is 0 Å². The summed E-state index contributed by atoms with van der Waals surface area (Å²) in [4.78, 5) is 0. The van der Waals surface area contributed by atoms with Gasteiger partial charge in [-0.1, -0.05) is 30.4 Å². The Bertz CT molecular complexity index is 467. The molecule has 2 rings (SSSR count). The molecule has 0 atom stereocenters. The molecule has 0 aliphatic rings. The minimum atomic E-state index is 0.752. The van der Waals surface area contributed by atoms with Gasteiger partial charge in [-0.15, -0.1) is 10.2 Å². The molecular weight excluding hydrogens is 234 g/mol. The van der Waals surface area contributed by atoms with Crippen molar-refractivity contribution < 1.29 is 4.74 Å². The highest BCUT2D eigenvalue weighted by molar-refractivity contribution is 7.15. The minimum absolute atomic E-state index is 0.752. The van der Waals surface area contributed by atoms with E-state index >= 15 is 0 Å². The summed E-state index contributed by atoms with van der Waals surface area (Å²) in [6.45, 7) is 2.83. The van der Waals surface area contributed by atoms with Gasteiger partial charge in [-0.05, 0) is 24.1 Å². The zero-order chi connectivity index (χ0) is 12.1. The number of methoxy groups -OCH3 is 1. The van der Waals surface area contributed by atoms with Crippen molar-refractivity contribution in [1.29, 1.82) is 0 Å². The van der Waals surface area contributed by atoms with Gasteiger partial charge < -0.3 is 10.1 Å². The molecule has 0 aliphatic heterocycles. The number of rotatable bonds is 5. The molecule has 0 aliphatic carbocycles.